The molecule has 7 nitrogen and oxygen atoms in total. The van der Waals surface area contributed by atoms with Crippen LogP contribution in [-0.4, -0.2) is 27.0 Å². The number of nitrogens with zero attached hydrogens (tertiary/aromatic N) is 2. The summed E-state index contributed by atoms with van der Waals surface area (Å²) in [7, 11) is 0. The number of hydrogen-bond donors (Lipinski definition) is 3. The second kappa shape index (κ2) is 5.70. The number of aromatic nitrogens is 3. The summed E-state index contributed by atoms with van der Waals surface area (Å²) >= 11 is 0. The van der Waals surface area contributed by atoms with Crippen molar-refractivity contribution < 1.29 is 14.0 Å². The number of amides is 2. The number of carbonyl (C=O) groups is 2. The molecule has 1 heterocycles. The summed E-state index contributed by atoms with van der Waals surface area (Å²) in [4.78, 5) is 27.0. The van der Waals surface area contributed by atoms with Crippen LogP contribution in [0.5, 0.6) is 0 Å². The molecule has 2 aromatic rings. The van der Waals surface area contributed by atoms with E-state index in [2.05, 4.69) is 20.5 Å². The van der Waals surface area contributed by atoms with Crippen molar-refractivity contribution in [2.45, 2.75) is 19.8 Å². The van der Waals surface area contributed by atoms with E-state index in [1.165, 1.54) is 6.07 Å². The molecule has 0 radical (unpaired) electrons. The fraction of sp³-hybridized carbons (Fsp3) is 0.231. The molecular formula is C13H14FN5O2. The predicted molar refractivity (Wildman–Crippen MR) is 73.3 cm³/mol. The van der Waals surface area contributed by atoms with Crippen molar-refractivity contribution in [3.05, 3.63) is 41.2 Å². The molecule has 0 fully saturated rings. The summed E-state index contributed by atoms with van der Waals surface area (Å²) in [6.07, 6.45) is 0. The first-order valence-corrected chi connectivity index (χ1v) is 6.21. The highest BCUT2D eigenvalue weighted by Gasteiger charge is 2.16. The van der Waals surface area contributed by atoms with Gasteiger partial charge < -0.3 is 11.1 Å². The number of H-pyrrole nitrogens is 1. The Balaban J connectivity index is 2.19. The summed E-state index contributed by atoms with van der Waals surface area (Å²) < 4.78 is 13.3. The van der Waals surface area contributed by atoms with Crippen LogP contribution in [0.15, 0.2) is 18.2 Å². The molecule has 0 spiro atoms. The first-order chi connectivity index (χ1) is 9.88. The number of benzene rings is 1. The van der Waals surface area contributed by atoms with Gasteiger partial charge in [0, 0.05) is 11.6 Å². The average molecular weight is 291 g/mol. The molecule has 0 saturated heterocycles. The van der Waals surface area contributed by atoms with Crippen molar-refractivity contribution in [3.63, 3.8) is 0 Å². The Morgan fingerprint density at radius 2 is 2.10 bits per heavy atom. The molecule has 0 atom stereocenters. The molecule has 0 unspecified atom stereocenters. The molecule has 1 aromatic heterocycles. The van der Waals surface area contributed by atoms with Crippen molar-refractivity contribution in [2.24, 2.45) is 5.73 Å². The summed E-state index contributed by atoms with van der Waals surface area (Å²) in [5, 5.41) is 8.92. The van der Waals surface area contributed by atoms with Crippen LogP contribution < -0.4 is 11.1 Å². The van der Waals surface area contributed by atoms with E-state index in [1.807, 2.05) is 13.8 Å². The second-order valence-electron chi connectivity index (χ2n) is 4.71. The lowest BCUT2D eigenvalue weighted by Gasteiger charge is -2.05. The Labute approximate surface area is 119 Å². The van der Waals surface area contributed by atoms with Gasteiger partial charge in [-0.2, -0.15) is 0 Å². The van der Waals surface area contributed by atoms with Gasteiger partial charge in [-0.3, -0.25) is 14.7 Å². The molecule has 0 saturated carbocycles. The highest BCUT2D eigenvalue weighted by molar-refractivity contribution is 6.02. The van der Waals surface area contributed by atoms with Gasteiger partial charge in [-0.15, -0.1) is 5.10 Å². The first-order valence-electron chi connectivity index (χ1n) is 6.21. The van der Waals surface area contributed by atoms with Gasteiger partial charge in [-0.25, -0.2) is 9.37 Å². The minimum atomic E-state index is -0.913. The standard InChI is InChI=1S/C13H14FN5O2/c1-6(2)11-17-12(19-18-11)13(21)16-7-3-4-9(14)8(5-7)10(15)20/h3-6H,1-2H3,(H2,15,20)(H,16,21)(H,17,18,19). The lowest BCUT2D eigenvalue weighted by atomic mass is 10.2. The van der Waals surface area contributed by atoms with Gasteiger partial charge >= 0.3 is 0 Å². The highest BCUT2D eigenvalue weighted by atomic mass is 19.1. The van der Waals surface area contributed by atoms with Gasteiger partial charge in [0.25, 0.3) is 11.8 Å². The van der Waals surface area contributed by atoms with Crippen LogP contribution in [0.1, 0.15) is 46.6 Å². The Hall–Kier alpha value is -2.77. The summed E-state index contributed by atoms with van der Waals surface area (Å²) in [6.45, 7) is 3.81. The molecule has 0 aliphatic rings. The number of carbonyl (C=O) groups excluding carboxylic acids is 2. The van der Waals surface area contributed by atoms with Crippen LogP contribution in [-0.2, 0) is 0 Å². The molecule has 2 amide bonds. The number of nitrogens with two attached hydrogens (primary N) is 1. The van der Waals surface area contributed by atoms with E-state index in [4.69, 9.17) is 5.73 Å². The van der Waals surface area contributed by atoms with E-state index in [1.54, 1.807) is 0 Å². The summed E-state index contributed by atoms with van der Waals surface area (Å²) in [5.74, 6) is -1.59. The van der Waals surface area contributed by atoms with Gasteiger partial charge in [0.1, 0.15) is 11.6 Å². The molecular weight excluding hydrogens is 277 g/mol. The van der Waals surface area contributed by atoms with Gasteiger partial charge in [-0.1, -0.05) is 13.8 Å². The fourth-order valence-corrected chi connectivity index (χ4v) is 1.61. The maximum atomic E-state index is 13.3. The van der Waals surface area contributed by atoms with E-state index in [0.717, 1.165) is 12.1 Å². The predicted octanol–water partition coefficient (Wildman–Crippen LogP) is 1.42. The van der Waals surface area contributed by atoms with E-state index in [0.29, 0.717) is 5.82 Å². The van der Waals surface area contributed by atoms with Crippen molar-refractivity contribution in [3.8, 4) is 0 Å². The normalized spacial score (nSPS) is 10.7. The SMILES string of the molecule is CC(C)c1nc(C(=O)Nc2ccc(F)c(C(N)=O)c2)n[nH]1. The van der Waals surface area contributed by atoms with Crippen molar-refractivity contribution in [1.29, 1.82) is 0 Å². The number of aromatic amines is 1. The number of hydrogen-bond acceptors (Lipinski definition) is 4. The molecule has 0 aliphatic carbocycles. The lowest BCUT2D eigenvalue weighted by molar-refractivity contribution is 0.0991. The van der Waals surface area contributed by atoms with Gasteiger partial charge in [-0.05, 0) is 18.2 Å². The molecule has 1 aromatic carbocycles. The number of primary amides is 1. The third-order valence-electron chi connectivity index (χ3n) is 2.74. The number of anilines is 1. The Bertz CT molecular complexity index is 696. The van der Waals surface area contributed by atoms with Crippen molar-refractivity contribution >= 4 is 17.5 Å². The number of nitrogens with one attached hydrogen (secondary N) is 2. The first kappa shape index (κ1) is 14.6. The lowest BCUT2D eigenvalue weighted by Crippen LogP contribution is -2.16. The third kappa shape index (κ3) is 3.22. The second-order valence-corrected chi connectivity index (χ2v) is 4.71. The Kier molecular flexibility index (Phi) is 3.97. The molecule has 0 bridgehead atoms. The summed E-state index contributed by atoms with van der Waals surface area (Å²) in [5.41, 5.74) is 4.97. The smallest absolute Gasteiger partial charge is 0.295 e. The maximum Gasteiger partial charge on any atom is 0.295 e. The molecule has 21 heavy (non-hydrogen) atoms. The average Bonchev–Trinajstić information content (AvgIpc) is 2.90. The van der Waals surface area contributed by atoms with E-state index >= 15 is 0 Å². The minimum Gasteiger partial charge on any atom is -0.366 e. The van der Waals surface area contributed by atoms with Crippen LogP contribution in [0.4, 0.5) is 10.1 Å². The molecule has 2 rings (SSSR count). The molecule has 8 heteroatoms. The van der Waals surface area contributed by atoms with E-state index in [-0.39, 0.29) is 23.0 Å². The number of halogens is 1. The fourth-order valence-electron chi connectivity index (χ4n) is 1.61. The topological polar surface area (TPSA) is 114 Å². The molecule has 0 aliphatic heterocycles. The molecule has 4 N–H and O–H groups in total. The quantitative estimate of drug-likeness (QED) is 0.790. The van der Waals surface area contributed by atoms with Gasteiger partial charge in [0.05, 0.1) is 5.56 Å². The van der Waals surface area contributed by atoms with Crippen LogP contribution in [0.25, 0.3) is 0 Å². The largest absolute Gasteiger partial charge is 0.366 e. The Morgan fingerprint density at radius 3 is 2.67 bits per heavy atom. The highest BCUT2D eigenvalue weighted by Crippen LogP contribution is 2.15. The van der Waals surface area contributed by atoms with Crippen LogP contribution in [0.3, 0.4) is 0 Å². The monoisotopic (exact) mass is 291 g/mol. The van der Waals surface area contributed by atoms with Crippen LogP contribution in [0, 0.1) is 5.82 Å². The van der Waals surface area contributed by atoms with Gasteiger partial charge in [0.15, 0.2) is 0 Å². The minimum absolute atomic E-state index is 0.0383. The number of rotatable bonds is 4. The summed E-state index contributed by atoms with van der Waals surface area (Å²) in [6, 6.07) is 3.52. The van der Waals surface area contributed by atoms with Crippen molar-refractivity contribution in [2.75, 3.05) is 5.32 Å². The zero-order valence-electron chi connectivity index (χ0n) is 11.5. The maximum absolute atomic E-state index is 13.3. The van der Waals surface area contributed by atoms with Crippen LogP contribution in [0.2, 0.25) is 0 Å². The van der Waals surface area contributed by atoms with Gasteiger partial charge in [0.2, 0.25) is 5.82 Å². The zero-order valence-corrected chi connectivity index (χ0v) is 11.5. The third-order valence-corrected chi connectivity index (χ3v) is 2.74. The Morgan fingerprint density at radius 1 is 1.38 bits per heavy atom. The van der Waals surface area contributed by atoms with Crippen LogP contribution >= 0.6 is 0 Å². The van der Waals surface area contributed by atoms with Crippen molar-refractivity contribution in [1.82, 2.24) is 15.2 Å². The van der Waals surface area contributed by atoms with E-state index < -0.39 is 17.6 Å². The van der Waals surface area contributed by atoms with E-state index in [9.17, 15) is 14.0 Å². The zero-order chi connectivity index (χ0) is 15.6. The molecule has 110 valence electrons.